The van der Waals surface area contributed by atoms with Crippen molar-refractivity contribution in [3.63, 3.8) is 0 Å². The predicted molar refractivity (Wildman–Crippen MR) is 120 cm³/mol. The molecule has 1 aliphatic rings. The average Bonchev–Trinajstić information content (AvgIpc) is 2.96. The first-order valence-corrected chi connectivity index (χ1v) is 10.7. The van der Waals surface area contributed by atoms with Crippen molar-refractivity contribution in [1.29, 1.82) is 0 Å². The number of rotatable bonds is 2. The Morgan fingerprint density at radius 2 is 1.79 bits per heavy atom. The minimum Gasteiger partial charge on any atom is -0.370 e. The molecule has 0 amide bonds. The standard InChI is InChI=1S/C21H19BrCl2N4/c1-12-11-28(20-16(23)9-14(22)10-17(20)24)21-19(12)18(8-13(2)26-21)27-6-4-15(25-3)5-7-27/h8-11,15H,4-7H2,1-2H3. The molecule has 0 bridgehead atoms. The van der Waals surface area contributed by atoms with E-state index in [1.54, 1.807) is 0 Å². The van der Waals surface area contributed by atoms with Crippen molar-refractivity contribution < 1.29 is 0 Å². The van der Waals surface area contributed by atoms with Crippen LogP contribution >= 0.6 is 39.1 Å². The lowest BCUT2D eigenvalue weighted by atomic mass is 10.0. The molecule has 0 radical (unpaired) electrons. The highest BCUT2D eigenvalue weighted by molar-refractivity contribution is 9.10. The molecule has 0 saturated carbocycles. The van der Waals surface area contributed by atoms with Crippen LogP contribution in [0.3, 0.4) is 0 Å². The highest BCUT2D eigenvalue weighted by Crippen LogP contribution is 2.38. The number of aryl methyl sites for hydroxylation is 2. The summed E-state index contributed by atoms with van der Waals surface area (Å²) >= 11 is 16.5. The summed E-state index contributed by atoms with van der Waals surface area (Å²) in [4.78, 5) is 10.9. The highest BCUT2D eigenvalue weighted by atomic mass is 79.9. The van der Waals surface area contributed by atoms with Gasteiger partial charge in [0, 0.05) is 53.4 Å². The molecule has 28 heavy (non-hydrogen) atoms. The van der Waals surface area contributed by atoms with E-state index in [0.29, 0.717) is 10.0 Å². The molecule has 0 unspecified atom stereocenters. The van der Waals surface area contributed by atoms with E-state index in [2.05, 4.69) is 38.7 Å². The maximum Gasteiger partial charge on any atom is 0.227 e. The van der Waals surface area contributed by atoms with Gasteiger partial charge in [0.15, 0.2) is 0 Å². The van der Waals surface area contributed by atoms with Gasteiger partial charge in [-0.3, -0.25) is 4.57 Å². The zero-order chi connectivity index (χ0) is 20.0. The van der Waals surface area contributed by atoms with Crippen LogP contribution in [0.25, 0.3) is 21.6 Å². The van der Waals surface area contributed by atoms with Crippen molar-refractivity contribution in [3.8, 4) is 5.69 Å². The van der Waals surface area contributed by atoms with E-state index >= 15 is 0 Å². The average molecular weight is 478 g/mol. The third kappa shape index (κ3) is 3.39. The Morgan fingerprint density at radius 1 is 1.14 bits per heavy atom. The maximum atomic E-state index is 7.29. The van der Waals surface area contributed by atoms with Crippen LogP contribution in [0.5, 0.6) is 0 Å². The van der Waals surface area contributed by atoms with Crippen molar-refractivity contribution >= 4 is 55.9 Å². The highest BCUT2D eigenvalue weighted by Gasteiger charge is 2.26. The van der Waals surface area contributed by atoms with Crippen molar-refractivity contribution in [2.24, 2.45) is 0 Å². The molecule has 1 fully saturated rings. The van der Waals surface area contributed by atoms with E-state index in [-0.39, 0.29) is 6.04 Å². The fraction of sp³-hybridized carbons (Fsp3) is 0.333. The maximum absolute atomic E-state index is 7.29. The first-order chi connectivity index (χ1) is 13.4. The molecule has 0 N–H and O–H groups in total. The van der Waals surface area contributed by atoms with Gasteiger partial charge in [-0.25, -0.2) is 11.6 Å². The molecular weight excluding hydrogens is 459 g/mol. The Kier molecular flexibility index (Phi) is 5.30. The summed E-state index contributed by atoms with van der Waals surface area (Å²) in [5.41, 5.74) is 4.83. The summed E-state index contributed by atoms with van der Waals surface area (Å²) < 4.78 is 2.83. The number of benzene rings is 1. The number of aromatic nitrogens is 2. The summed E-state index contributed by atoms with van der Waals surface area (Å²) in [6.45, 7) is 13.2. The molecule has 0 atom stereocenters. The van der Waals surface area contributed by atoms with E-state index in [9.17, 15) is 0 Å². The fourth-order valence-corrected chi connectivity index (χ4v) is 5.32. The van der Waals surface area contributed by atoms with Crippen LogP contribution < -0.4 is 4.90 Å². The van der Waals surface area contributed by atoms with E-state index in [0.717, 1.165) is 58.4 Å². The molecule has 1 aromatic carbocycles. The molecule has 0 spiro atoms. The van der Waals surface area contributed by atoms with Crippen LogP contribution in [-0.4, -0.2) is 28.7 Å². The van der Waals surface area contributed by atoms with E-state index in [4.69, 9.17) is 34.8 Å². The summed E-state index contributed by atoms with van der Waals surface area (Å²) in [6.07, 6.45) is 3.85. The molecule has 0 aliphatic carbocycles. The Balaban J connectivity index is 1.89. The molecule has 7 heteroatoms. The third-order valence-corrected chi connectivity index (χ3v) is 6.30. The van der Waals surface area contributed by atoms with Crippen LogP contribution in [0.2, 0.25) is 10.0 Å². The quantitative estimate of drug-likeness (QED) is 0.388. The summed E-state index contributed by atoms with van der Waals surface area (Å²) in [7, 11) is 0. The number of hydrogen-bond acceptors (Lipinski definition) is 2. The molecule has 4 rings (SSSR count). The largest absolute Gasteiger partial charge is 0.370 e. The molecular formula is C21H19BrCl2N4. The monoisotopic (exact) mass is 476 g/mol. The van der Waals surface area contributed by atoms with Crippen molar-refractivity contribution in [3.05, 3.63) is 61.6 Å². The van der Waals surface area contributed by atoms with Gasteiger partial charge < -0.3 is 9.74 Å². The molecule has 1 aliphatic heterocycles. The Morgan fingerprint density at radius 3 is 2.39 bits per heavy atom. The normalized spacial score (nSPS) is 15.2. The third-order valence-electron chi connectivity index (χ3n) is 5.26. The van der Waals surface area contributed by atoms with Gasteiger partial charge in [-0.15, -0.1) is 0 Å². The van der Waals surface area contributed by atoms with Gasteiger partial charge in [-0.05, 0) is 37.6 Å². The number of hydrogen-bond donors (Lipinski definition) is 0. The van der Waals surface area contributed by atoms with E-state index < -0.39 is 0 Å². The molecule has 144 valence electrons. The number of fused-ring (bicyclic) bond motifs is 1. The Bertz CT molecular complexity index is 1080. The van der Waals surface area contributed by atoms with Gasteiger partial charge in [-0.1, -0.05) is 39.1 Å². The number of anilines is 1. The molecule has 1 saturated heterocycles. The zero-order valence-corrected chi connectivity index (χ0v) is 18.7. The topological polar surface area (TPSA) is 25.4 Å². The SMILES string of the molecule is [C-]#[N+]C1CCN(c2cc(C)nc3c2c(C)cn3-c2c(Cl)cc(Br)cc2Cl)CC1. The van der Waals surface area contributed by atoms with Crippen LogP contribution in [0, 0.1) is 20.4 Å². The summed E-state index contributed by atoms with van der Waals surface area (Å²) in [5, 5.41) is 2.25. The Labute approximate surface area is 183 Å². The second-order valence-electron chi connectivity index (χ2n) is 7.23. The summed E-state index contributed by atoms with van der Waals surface area (Å²) in [6, 6.07) is 5.97. The second kappa shape index (κ2) is 7.59. The minimum atomic E-state index is 0.140. The molecule has 3 aromatic rings. The molecule has 4 nitrogen and oxygen atoms in total. The van der Waals surface area contributed by atoms with Crippen molar-refractivity contribution in [2.75, 3.05) is 18.0 Å². The number of piperidine rings is 1. The van der Waals surface area contributed by atoms with Crippen LogP contribution in [0.4, 0.5) is 5.69 Å². The summed E-state index contributed by atoms with van der Waals surface area (Å²) in [5.74, 6) is 0. The lowest BCUT2D eigenvalue weighted by molar-refractivity contribution is 0.549. The van der Waals surface area contributed by atoms with Gasteiger partial charge in [0.2, 0.25) is 6.04 Å². The van der Waals surface area contributed by atoms with Crippen LogP contribution in [0.1, 0.15) is 24.1 Å². The zero-order valence-electron chi connectivity index (χ0n) is 15.6. The van der Waals surface area contributed by atoms with Gasteiger partial charge in [-0.2, -0.15) is 0 Å². The lowest BCUT2D eigenvalue weighted by Crippen LogP contribution is -2.35. The first-order valence-electron chi connectivity index (χ1n) is 9.14. The van der Waals surface area contributed by atoms with E-state index in [1.165, 1.54) is 5.69 Å². The van der Waals surface area contributed by atoms with Crippen LogP contribution in [-0.2, 0) is 0 Å². The van der Waals surface area contributed by atoms with Gasteiger partial charge in [0.05, 0.1) is 15.7 Å². The second-order valence-corrected chi connectivity index (χ2v) is 8.96. The van der Waals surface area contributed by atoms with Gasteiger partial charge >= 0.3 is 0 Å². The first kappa shape index (κ1) is 19.6. The fourth-order valence-electron chi connectivity index (χ4n) is 3.93. The smallest absolute Gasteiger partial charge is 0.227 e. The molecule has 2 aromatic heterocycles. The lowest BCUT2D eigenvalue weighted by Gasteiger charge is -2.30. The van der Waals surface area contributed by atoms with Crippen molar-refractivity contribution in [1.82, 2.24) is 9.55 Å². The Hall–Kier alpha value is -1.74. The number of halogens is 3. The van der Waals surface area contributed by atoms with E-state index in [1.807, 2.05) is 29.8 Å². The predicted octanol–water partition coefficient (Wildman–Crippen LogP) is 6.60. The van der Waals surface area contributed by atoms with Crippen molar-refractivity contribution in [2.45, 2.75) is 32.7 Å². The van der Waals surface area contributed by atoms with Gasteiger partial charge in [0.1, 0.15) is 5.65 Å². The number of nitrogens with zero attached hydrogens (tertiary/aromatic N) is 4. The minimum absolute atomic E-state index is 0.140. The molecule has 3 heterocycles. The van der Waals surface area contributed by atoms with Crippen LogP contribution in [0.15, 0.2) is 28.9 Å². The van der Waals surface area contributed by atoms with Gasteiger partial charge in [0.25, 0.3) is 0 Å². The number of pyridine rings is 1.